The standard InChI is InChI=1S/C15H17ClN2O3/c1-10(2)21-13-6-4-5-11(15(16)19)12(13)9-20-14-7-8-18(3)17-14/h4-8,10H,9H2,1-3H3. The fraction of sp³-hybridized carbons (Fsp3) is 0.333. The number of halogens is 1. The molecule has 2 rings (SSSR count). The summed E-state index contributed by atoms with van der Waals surface area (Å²) < 4.78 is 13.0. The summed E-state index contributed by atoms with van der Waals surface area (Å²) in [4.78, 5) is 11.6. The molecule has 6 heteroatoms. The first-order chi connectivity index (χ1) is 9.97. The maximum Gasteiger partial charge on any atom is 0.252 e. The van der Waals surface area contributed by atoms with Crippen molar-refractivity contribution in [3.63, 3.8) is 0 Å². The van der Waals surface area contributed by atoms with Crippen LogP contribution in [-0.2, 0) is 13.7 Å². The predicted molar refractivity (Wildman–Crippen MR) is 79.9 cm³/mol. The highest BCUT2D eigenvalue weighted by atomic mass is 35.5. The Bertz CT molecular complexity index is 638. The minimum Gasteiger partial charge on any atom is -0.491 e. The van der Waals surface area contributed by atoms with E-state index >= 15 is 0 Å². The topological polar surface area (TPSA) is 53.4 Å². The number of rotatable bonds is 6. The monoisotopic (exact) mass is 308 g/mol. The lowest BCUT2D eigenvalue weighted by Gasteiger charge is -2.16. The van der Waals surface area contributed by atoms with Crippen molar-refractivity contribution >= 4 is 16.8 Å². The minimum absolute atomic E-state index is 0.0146. The molecule has 0 saturated carbocycles. The summed E-state index contributed by atoms with van der Waals surface area (Å²) >= 11 is 5.63. The normalized spacial score (nSPS) is 10.7. The van der Waals surface area contributed by atoms with Crippen LogP contribution in [0.25, 0.3) is 0 Å². The van der Waals surface area contributed by atoms with Crippen molar-refractivity contribution < 1.29 is 14.3 Å². The van der Waals surface area contributed by atoms with E-state index in [2.05, 4.69) is 5.10 Å². The van der Waals surface area contributed by atoms with E-state index in [0.717, 1.165) is 0 Å². The number of benzene rings is 1. The number of carbonyl (C=O) groups is 1. The third-order valence-corrected chi connectivity index (χ3v) is 2.96. The number of aromatic nitrogens is 2. The molecule has 112 valence electrons. The van der Waals surface area contributed by atoms with Crippen molar-refractivity contribution in [1.82, 2.24) is 9.78 Å². The summed E-state index contributed by atoms with van der Waals surface area (Å²) in [5, 5.41) is 3.59. The second-order valence-electron chi connectivity index (χ2n) is 4.84. The summed E-state index contributed by atoms with van der Waals surface area (Å²) in [6.45, 7) is 3.99. The van der Waals surface area contributed by atoms with Gasteiger partial charge in [-0.3, -0.25) is 9.48 Å². The average molecular weight is 309 g/mol. The van der Waals surface area contributed by atoms with Crippen LogP contribution in [0.5, 0.6) is 11.6 Å². The van der Waals surface area contributed by atoms with Gasteiger partial charge in [0.25, 0.3) is 5.24 Å². The van der Waals surface area contributed by atoms with Gasteiger partial charge in [0.2, 0.25) is 5.88 Å². The fourth-order valence-corrected chi connectivity index (χ4v) is 2.06. The van der Waals surface area contributed by atoms with Crippen LogP contribution in [0.3, 0.4) is 0 Å². The van der Waals surface area contributed by atoms with Gasteiger partial charge in [-0.1, -0.05) is 6.07 Å². The van der Waals surface area contributed by atoms with Gasteiger partial charge in [-0.15, -0.1) is 5.10 Å². The lowest BCUT2D eigenvalue weighted by Crippen LogP contribution is -2.11. The molecule has 5 nitrogen and oxygen atoms in total. The lowest BCUT2D eigenvalue weighted by atomic mass is 10.1. The molecule has 0 saturated heterocycles. The molecule has 0 atom stereocenters. The molecule has 21 heavy (non-hydrogen) atoms. The molecular weight excluding hydrogens is 292 g/mol. The van der Waals surface area contributed by atoms with Crippen molar-refractivity contribution in [2.75, 3.05) is 0 Å². The Kier molecular flexibility index (Phi) is 4.85. The Morgan fingerprint density at radius 1 is 1.38 bits per heavy atom. The molecule has 0 aliphatic rings. The maximum absolute atomic E-state index is 11.6. The van der Waals surface area contributed by atoms with Crippen LogP contribution in [0.1, 0.15) is 29.8 Å². The molecule has 0 aliphatic carbocycles. The van der Waals surface area contributed by atoms with Crippen LogP contribution in [0, 0.1) is 0 Å². The molecule has 1 aromatic carbocycles. The maximum atomic E-state index is 11.6. The van der Waals surface area contributed by atoms with E-state index in [1.165, 1.54) is 0 Å². The number of hydrogen-bond donors (Lipinski definition) is 0. The van der Waals surface area contributed by atoms with Crippen LogP contribution in [0.15, 0.2) is 30.5 Å². The molecular formula is C15H17ClN2O3. The van der Waals surface area contributed by atoms with E-state index in [4.69, 9.17) is 21.1 Å². The van der Waals surface area contributed by atoms with Gasteiger partial charge in [0.1, 0.15) is 12.4 Å². The highest BCUT2D eigenvalue weighted by molar-refractivity contribution is 6.68. The van der Waals surface area contributed by atoms with Crippen LogP contribution in [0.2, 0.25) is 0 Å². The highest BCUT2D eigenvalue weighted by Crippen LogP contribution is 2.26. The molecule has 1 aromatic heterocycles. The quantitative estimate of drug-likeness (QED) is 0.769. The van der Waals surface area contributed by atoms with Crippen molar-refractivity contribution in [2.45, 2.75) is 26.6 Å². The van der Waals surface area contributed by atoms with Crippen molar-refractivity contribution in [3.8, 4) is 11.6 Å². The Hall–Kier alpha value is -2.01. The Morgan fingerprint density at radius 2 is 2.14 bits per heavy atom. The second kappa shape index (κ2) is 6.63. The second-order valence-corrected chi connectivity index (χ2v) is 5.18. The highest BCUT2D eigenvalue weighted by Gasteiger charge is 2.16. The average Bonchev–Trinajstić information content (AvgIpc) is 2.82. The molecule has 0 spiro atoms. The van der Waals surface area contributed by atoms with Gasteiger partial charge in [-0.25, -0.2) is 0 Å². The van der Waals surface area contributed by atoms with E-state index in [1.54, 1.807) is 42.2 Å². The van der Waals surface area contributed by atoms with Crippen LogP contribution < -0.4 is 9.47 Å². The molecule has 1 heterocycles. The first-order valence-electron chi connectivity index (χ1n) is 6.58. The van der Waals surface area contributed by atoms with Crippen LogP contribution >= 0.6 is 11.6 Å². The molecule has 0 bridgehead atoms. The van der Waals surface area contributed by atoms with E-state index in [9.17, 15) is 4.79 Å². The van der Waals surface area contributed by atoms with E-state index in [0.29, 0.717) is 22.8 Å². The largest absolute Gasteiger partial charge is 0.491 e. The predicted octanol–water partition coefficient (Wildman–Crippen LogP) is 3.17. The smallest absolute Gasteiger partial charge is 0.252 e. The Balaban J connectivity index is 2.27. The molecule has 0 fully saturated rings. The number of carbonyl (C=O) groups excluding carboxylic acids is 1. The zero-order chi connectivity index (χ0) is 15.4. The van der Waals surface area contributed by atoms with E-state index in [1.807, 2.05) is 13.8 Å². The van der Waals surface area contributed by atoms with E-state index in [-0.39, 0.29) is 12.7 Å². The third-order valence-electron chi connectivity index (χ3n) is 2.76. The molecule has 2 aromatic rings. The van der Waals surface area contributed by atoms with Crippen LogP contribution in [-0.4, -0.2) is 21.1 Å². The molecule has 0 N–H and O–H groups in total. The Morgan fingerprint density at radius 3 is 2.71 bits per heavy atom. The zero-order valence-corrected chi connectivity index (χ0v) is 12.9. The van der Waals surface area contributed by atoms with Gasteiger partial charge in [0.15, 0.2) is 0 Å². The van der Waals surface area contributed by atoms with Gasteiger partial charge in [0.05, 0.1) is 6.10 Å². The van der Waals surface area contributed by atoms with Gasteiger partial charge in [-0.05, 0) is 37.6 Å². The molecule has 0 radical (unpaired) electrons. The first kappa shape index (κ1) is 15.4. The summed E-state index contributed by atoms with van der Waals surface area (Å²) in [5.41, 5.74) is 1.00. The number of ether oxygens (including phenoxy) is 2. The van der Waals surface area contributed by atoms with Crippen LogP contribution in [0.4, 0.5) is 0 Å². The fourth-order valence-electron chi connectivity index (χ4n) is 1.88. The zero-order valence-electron chi connectivity index (χ0n) is 12.2. The summed E-state index contributed by atoms with van der Waals surface area (Å²) in [7, 11) is 1.80. The molecule has 0 unspecified atom stereocenters. The van der Waals surface area contributed by atoms with Crippen molar-refractivity contribution in [2.24, 2.45) is 7.05 Å². The SMILES string of the molecule is CC(C)Oc1cccc(C(=O)Cl)c1COc1ccn(C)n1. The van der Waals surface area contributed by atoms with Gasteiger partial charge in [-0.2, -0.15) is 0 Å². The van der Waals surface area contributed by atoms with Gasteiger partial charge < -0.3 is 9.47 Å². The first-order valence-corrected chi connectivity index (χ1v) is 6.96. The van der Waals surface area contributed by atoms with E-state index < -0.39 is 5.24 Å². The summed E-state index contributed by atoms with van der Waals surface area (Å²) in [5.74, 6) is 1.07. The van der Waals surface area contributed by atoms with Gasteiger partial charge in [0, 0.05) is 30.4 Å². The number of nitrogens with zero attached hydrogens (tertiary/aromatic N) is 2. The summed E-state index contributed by atoms with van der Waals surface area (Å²) in [6.07, 6.45) is 1.76. The third kappa shape index (κ3) is 3.98. The lowest BCUT2D eigenvalue weighted by molar-refractivity contribution is 0.107. The van der Waals surface area contributed by atoms with Gasteiger partial charge >= 0.3 is 0 Å². The molecule has 0 aliphatic heterocycles. The number of hydrogen-bond acceptors (Lipinski definition) is 4. The molecule has 0 amide bonds. The van der Waals surface area contributed by atoms with Crippen molar-refractivity contribution in [1.29, 1.82) is 0 Å². The minimum atomic E-state index is -0.538. The van der Waals surface area contributed by atoms with Crippen molar-refractivity contribution in [3.05, 3.63) is 41.6 Å². The summed E-state index contributed by atoms with van der Waals surface area (Å²) in [6, 6.07) is 6.92. The number of aryl methyl sites for hydroxylation is 1. The Labute approximate surface area is 128 Å².